The number of aliphatic carboxylic acids is 1. The average molecular weight is 248 g/mol. The predicted molar refractivity (Wildman–Crippen MR) is 57.3 cm³/mol. The van der Waals surface area contributed by atoms with Crippen molar-refractivity contribution in [2.24, 2.45) is 0 Å². The largest absolute Gasteiger partial charge is 0.480 e. The van der Waals surface area contributed by atoms with Crippen LogP contribution in [0.25, 0.3) is 0 Å². The number of hydrogen-bond acceptors (Lipinski definition) is 4. The topological polar surface area (TPSA) is 77.9 Å². The van der Waals surface area contributed by atoms with Crippen LogP contribution in [0.4, 0.5) is 0 Å². The molecule has 1 saturated carbocycles. The van der Waals surface area contributed by atoms with E-state index >= 15 is 0 Å². The lowest BCUT2D eigenvalue weighted by atomic mass is 10.4. The SMILES string of the molecule is C[C@H]1N(CC(=O)O)CCN(C2CC2)S1(=O)=O. The second-order valence-electron chi connectivity index (χ2n) is 4.35. The minimum absolute atomic E-state index is 0.166. The molecule has 0 bridgehead atoms. The molecule has 2 rings (SSSR count). The van der Waals surface area contributed by atoms with Gasteiger partial charge in [-0.25, -0.2) is 8.42 Å². The van der Waals surface area contributed by atoms with Crippen molar-refractivity contribution in [2.45, 2.75) is 31.2 Å². The molecule has 0 aromatic rings. The normalized spacial score (nSPS) is 31.4. The second kappa shape index (κ2) is 3.97. The molecule has 2 aliphatic rings. The van der Waals surface area contributed by atoms with Gasteiger partial charge in [-0.1, -0.05) is 0 Å². The average Bonchev–Trinajstić information content (AvgIpc) is 2.96. The molecule has 0 aromatic carbocycles. The molecule has 92 valence electrons. The fourth-order valence-corrected chi connectivity index (χ4v) is 3.97. The summed E-state index contributed by atoms with van der Waals surface area (Å²) < 4.78 is 25.7. The maximum atomic E-state index is 12.1. The summed E-state index contributed by atoms with van der Waals surface area (Å²) >= 11 is 0. The Bertz CT molecular complexity index is 390. The van der Waals surface area contributed by atoms with E-state index in [0.29, 0.717) is 13.1 Å². The van der Waals surface area contributed by atoms with Gasteiger partial charge in [-0.05, 0) is 19.8 Å². The molecule has 16 heavy (non-hydrogen) atoms. The summed E-state index contributed by atoms with van der Waals surface area (Å²) in [5.41, 5.74) is 0. The Labute approximate surface area is 94.9 Å². The molecule has 0 aromatic heterocycles. The maximum absolute atomic E-state index is 12.1. The number of sulfonamides is 1. The molecule has 0 radical (unpaired) electrons. The van der Waals surface area contributed by atoms with Crippen LogP contribution in [-0.2, 0) is 14.8 Å². The van der Waals surface area contributed by atoms with Crippen molar-refractivity contribution in [3.05, 3.63) is 0 Å². The zero-order valence-corrected chi connectivity index (χ0v) is 9.98. The van der Waals surface area contributed by atoms with E-state index in [1.165, 1.54) is 9.21 Å². The number of carboxylic acids is 1. The van der Waals surface area contributed by atoms with Gasteiger partial charge in [-0.15, -0.1) is 0 Å². The minimum atomic E-state index is -3.34. The zero-order chi connectivity index (χ0) is 11.9. The number of rotatable bonds is 3. The summed E-state index contributed by atoms with van der Waals surface area (Å²) in [4.78, 5) is 12.1. The van der Waals surface area contributed by atoms with Crippen LogP contribution in [0.15, 0.2) is 0 Å². The molecule has 1 atom stereocenters. The summed E-state index contributed by atoms with van der Waals surface area (Å²) in [6.07, 6.45) is 1.87. The van der Waals surface area contributed by atoms with Crippen LogP contribution >= 0.6 is 0 Å². The van der Waals surface area contributed by atoms with Crippen molar-refractivity contribution in [1.82, 2.24) is 9.21 Å². The maximum Gasteiger partial charge on any atom is 0.317 e. The van der Waals surface area contributed by atoms with Crippen LogP contribution < -0.4 is 0 Å². The van der Waals surface area contributed by atoms with E-state index in [1.807, 2.05) is 0 Å². The molecule has 6 nitrogen and oxygen atoms in total. The fraction of sp³-hybridized carbons (Fsp3) is 0.889. The highest BCUT2D eigenvalue weighted by Crippen LogP contribution is 2.33. The summed E-state index contributed by atoms with van der Waals surface area (Å²) in [6.45, 7) is 2.28. The Hall–Kier alpha value is -0.660. The van der Waals surface area contributed by atoms with Crippen molar-refractivity contribution < 1.29 is 18.3 Å². The van der Waals surface area contributed by atoms with Crippen molar-refractivity contribution >= 4 is 16.0 Å². The zero-order valence-electron chi connectivity index (χ0n) is 9.16. The van der Waals surface area contributed by atoms with E-state index in [4.69, 9.17) is 5.11 Å². The lowest BCUT2D eigenvalue weighted by Gasteiger charge is -2.38. The smallest absolute Gasteiger partial charge is 0.317 e. The van der Waals surface area contributed by atoms with Crippen molar-refractivity contribution in [3.8, 4) is 0 Å². The molecule has 1 saturated heterocycles. The molecule has 1 N–H and O–H groups in total. The highest BCUT2D eigenvalue weighted by molar-refractivity contribution is 7.89. The highest BCUT2D eigenvalue weighted by atomic mass is 32.2. The molecule has 1 aliphatic carbocycles. The molecule has 2 fully saturated rings. The van der Waals surface area contributed by atoms with Gasteiger partial charge in [0.2, 0.25) is 10.0 Å². The van der Waals surface area contributed by atoms with E-state index in [2.05, 4.69) is 0 Å². The van der Waals surface area contributed by atoms with E-state index in [0.717, 1.165) is 12.8 Å². The van der Waals surface area contributed by atoms with Gasteiger partial charge in [-0.3, -0.25) is 9.69 Å². The van der Waals surface area contributed by atoms with Gasteiger partial charge in [0.15, 0.2) is 0 Å². The van der Waals surface area contributed by atoms with Gasteiger partial charge in [0.1, 0.15) is 5.37 Å². The van der Waals surface area contributed by atoms with E-state index in [1.54, 1.807) is 6.92 Å². The van der Waals surface area contributed by atoms with Crippen LogP contribution in [0.3, 0.4) is 0 Å². The monoisotopic (exact) mass is 248 g/mol. The third kappa shape index (κ3) is 2.07. The molecule has 1 heterocycles. The van der Waals surface area contributed by atoms with Gasteiger partial charge in [0.05, 0.1) is 6.54 Å². The molecule has 0 amide bonds. The molecule has 0 spiro atoms. The van der Waals surface area contributed by atoms with Crippen molar-refractivity contribution in [1.29, 1.82) is 0 Å². The van der Waals surface area contributed by atoms with Crippen LogP contribution in [0.1, 0.15) is 19.8 Å². The Morgan fingerprint density at radius 1 is 1.38 bits per heavy atom. The van der Waals surface area contributed by atoms with E-state index in [9.17, 15) is 13.2 Å². The van der Waals surface area contributed by atoms with Gasteiger partial charge in [0, 0.05) is 19.1 Å². The summed E-state index contributed by atoms with van der Waals surface area (Å²) in [7, 11) is -3.34. The Morgan fingerprint density at radius 2 is 2.00 bits per heavy atom. The number of hydrogen-bond donors (Lipinski definition) is 1. The molecule has 0 unspecified atom stereocenters. The number of carboxylic acid groups (broad SMARTS) is 1. The number of nitrogens with zero attached hydrogens (tertiary/aromatic N) is 2. The Balaban J connectivity index is 2.12. The van der Waals surface area contributed by atoms with Gasteiger partial charge in [-0.2, -0.15) is 4.31 Å². The third-order valence-corrected chi connectivity index (χ3v) is 5.47. The first-order valence-electron chi connectivity index (χ1n) is 5.39. The van der Waals surface area contributed by atoms with E-state index < -0.39 is 21.4 Å². The van der Waals surface area contributed by atoms with Crippen LogP contribution in [-0.4, -0.2) is 59.7 Å². The molecule has 1 aliphatic heterocycles. The van der Waals surface area contributed by atoms with Gasteiger partial charge < -0.3 is 5.11 Å². The lowest BCUT2D eigenvalue weighted by molar-refractivity contribution is -0.138. The summed E-state index contributed by atoms with van der Waals surface area (Å²) in [5.74, 6) is -0.984. The molecular weight excluding hydrogens is 232 g/mol. The number of carbonyl (C=O) groups is 1. The second-order valence-corrected chi connectivity index (χ2v) is 6.53. The minimum Gasteiger partial charge on any atom is -0.480 e. The first-order valence-corrected chi connectivity index (χ1v) is 6.90. The summed E-state index contributed by atoms with van der Waals surface area (Å²) in [6, 6.07) is 0.166. The first kappa shape index (κ1) is 11.8. The molecular formula is C9H16N2O4S. The van der Waals surface area contributed by atoms with Crippen molar-refractivity contribution in [3.63, 3.8) is 0 Å². The quantitative estimate of drug-likeness (QED) is 0.730. The molecule has 7 heteroatoms. The summed E-state index contributed by atoms with van der Waals surface area (Å²) in [5, 5.41) is 7.97. The van der Waals surface area contributed by atoms with Gasteiger partial charge >= 0.3 is 5.97 Å². The third-order valence-electron chi connectivity index (χ3n) is 3.17. The lowest BCUT2D eigenvalue weighted by Crippen LogP contribution is -2.56. The fourth-order valence-electron chi connectivity index (χ4n) is 2.05. The Kier molecular flexibility index (Phi) is 2.93. The highest BCUT2D eigenvalue weighted by Gasteiger charge is 2.45. The van der Waals surface area contributed by atoms with E-state index in [-0.39, 0.29) is 12.6 Å². The van der Waals surface area contributed by atoms with Crippen molar-refractivity contribution in [2.75, 3.05) is 19.6 Å². The predicted octanol–water partition coefficient (Wildman–Crippen LogP) is -0.473. The van der Waals surface area contributed by atoms with Gasteiger partial charge in [0.25, 0.3) is 0 Å². The van der Waals surface area contributed by atoms with Crippen LogP contribution in [0.5, 0.6) is 0 Å². The van der Waals surface area contributed by atoms with Crippen LogP contribution in [0, 0.1) is 0 Å². The Morgan fingerprint density at radius 3 is 2.50 bits per heavy atom. The standard InChI is InChI=1S/C9H16N2O4S/c1-7-10(6-9(12)13)4-5-11(8-2-3-8)16(7,14)15/h7-8H,2-6H2,1H3,(H,12,13)/t7-/m0/s1. The van der Waals surface area contributed by atoms with Crippen LogP contribution in [0.2, 0.25) is 0 Å². The first-order chi connectivity index (χ1) is 7.43.